The van der Waals surface area contributed by atoms with E-state index < -0.39 is 0 Å². The zero-order valence-corrected chi connectivity index (χ0v) is 17.7. The molecule has 4 nitrogen and oxygen atoms in total. The summed E-state index contributed by atoms with van der Waals surface area (Å²) in [7, 11) is 0. The Morgan fingerprint density at radius 1 is 0.714 bits per heavy atom. The standard InChI is InChI=1S/C12H5Br5O4/c13-3-1-5(18)12(9(17)11(3)20)21-6-2-4(14)10(19)8(16)7(6)15/h1-2,18-20H. The molecule has 9 heteroatoms. The molecule has 3 N–H and O–H groups in total. The molecule has 0 aliphatic carbocycles. The van der Waals surface area contributed by atoms with Crippen molar-refractivity contribution in [3.63, 3.8) is 0 Å². The van der Waals surface area contributed by atoms with Gasteiger partial charge in [-0.3, -0.25) is 0 Å². The van der Waals surface area contributed by atoms with E-state index >= 15 is 0 Å². The highest BCUT2D eigenvalue weighted by atomic mass is 79.9. The Balaban J connectivity index is 2.56. The van der Waals surface area contributed by atoms with E-state index in [9.17, 15) is 15.3 Å². The fourth-order valence-corrected chi connectivity index (χ4v) is 4.07. The van der Waals surface area contributed by atoms with Crippen molar-refractivity contribution in [1.82, 2.24) is 0 Å². The van der Waals surface area contributed by atoms with Gasteiger partial charge in [0.05, 0.1) is 17.9 Å². The van der Waals surface area contributed by atoms with Crippen molar-refractivity contribution in [2.24, 2.45) is 0 Å². The average Bonchev–Trinajstić information content (AvgIpc) is 2.44. The molecule has 0 saturated heterocycles. The summed E-state index contributed by atoms with van der Waals surface area (Å²) < 4.78 is 7.40. The molecule has 2 aromatic carbocycles. The van der Waals surface area contributed by atoms with Crippen LogP contribution in [0.3, 0.4) is 0 Å². The predicted molar refractivity (Wildman–Crippen MR) is 96.5 cm³/mol. The molecule has 0 saturated carbocycles. The maximum absolute atomic E-state index is 9.96. The van der Waals surface area contributed by atoms with Crippen LogP contribution in [-0.4, -0.2) is 15.3 Å². The quantitative estimate of drug-likeness (QED) is 0.271. The highest BCUT2D eigenvalue weighted by molar-refractivity contribution is 9.13. The summed E-state index contributed by atoms with van der Waals surface area (Å²) in [6, 6.07) is 2.84. The number of hydrogen-bond donors (Lipinski definition) is 3. The maximum atomic E-state index is 9.96. The fourth-order valence-electron chi connectivity index (χ4n) is 1.42. The van der Waals surface area contributed by atoms with E-state index in [0.29, 0.717) is 23.6 Å². The molecule has 21 heavy (non-hydrogen) atoms. The number of phenolic OH excluding ortho intramolecular Hbond substituents is 3. The second-order valence-corrected chi connectivity index (χ2v) is 7.89. The molecule has 0 spiro atoms. The van der Waals surface area contributed by atoms with Gasteiger partial charge in [-0.25, -0.2) is 0 Å². The third-order valence-electron chi connectivity index (χ3n) is 2.44. The lowest BCUT2D eigenvalue weighted by Gasteiger charge is -2.14. The topological polar surface area (TPSA) is 69.9 Å². The summed E-state index contributed by atoms with van der Waals surface area (Å²) in [5, 5.41) is 29.6. The van der Waals surface area contributed by atoms with Gasteiger partial charge < -0.3 is 20.1 Å². The van der Waals surface area contributed by atoms with Crippen LogP contribution in [0.2, 0.25) is 0 Å². The van der Waals surface area contributed by atoms with Crippen LogP contribution in [0, 0.1) is 0 Å². The Morgan fingerprint density at radius 3 is 1.86 bits per heavy atom. The van der Waals surface area contributed by atoms with Crippen molar-refractivity contribution in [3.05, 3.63) is 34.5 Å². The summed E-state index contributed by atoms with van der Waals surface area (Å²) in [5.74, 6) is 0.107. The summed E-state index contributed by atoms with van der Waals surface area (Å²) in [4.78, 5) is 0. The van der Waals surface area contributed by atoms with E-state index in [1.54, 1.807) is 0 Å². The zero-order chi connectivity index (χ0) is 15.9. The molecule has 0 radical (unpaired) electrons. The van der Waals surface area contributed by atoms with Gasteiger partial charge in [0.25, 0.3) is 0 Å². The minimum Gasteiger partial charge on any atom is -0.506 e. The predicted octanol–water partition coefficient (Wildman–Crippen LogP) is 6.41. The summed E-state index contributed by atoms with van der Waals surface area (Å²) >= 11 is 16.0. The molecule has 0 atom stereocenters. The van der Waals surface area contributed by atoms with Gasteiger partial charge in [-0.2, -0.15) is 0 Å². The van der Waals surface area contributed by atoms with Gasteiger partial charge in [0.2, 0.25) is 0 Å². The Bertz CT molecular complexity index is 733. The molecule has 0 bridgehead atoms. The van der Waals surface area contributed by atoms with Gasteiger partial charge in [-0.15, -0.1) is 0 Å². The first-order valence-electron chi connectivity index (χ1n) is 5.18. The smallest absolute Gasteiger partial charge is 0.187 e. The molecule has 0 aliphatic heterocycles. The Labute approximate surface area is 161 Å². The zero-order valence-electron chi connectivity index (χ0n) is 9.79. The molecule has 2 aromatic rings. The largest absolute Gasteiger partial charge is 0.506 e. The second-order valence-electron chi connectivity index (χ2n) is 3.80. The molecule has 0 aliphatic rings. The summed E-state index contributed by atoms with van der Waals surface area (Å²) in [5.41, 5.74) is 0. The van der Waals surface area contributed by atoms with Gasteiger partial charge in [-0.1, -0.05) is 0 Å². The lowest BCUT2D eigenvalue weighted by atomic mass is 10.3. The molecule has 2 rings (SSSR count). The van der Waals surface area contributed by atoms with Crippen LogP contribution in [-0.2, 0) is 0 Å². The number of hydrogen-bond acceptors (Lipinski definition) is 4. The molecular formula is C12H5Br5O4. The summed E-state index contributed by atoms with van der Waals surface area (Å²) in [6.45, 7) is 0. The Hall–Kier alpha value is 0.0400. The first-order chi connectivity index (χ1) is 9.73. The number of aromatic hydroxyl groups is 3. The van der Waals surface area contributed by atoms with Crippen LogP contribution in [0.25, 0.3) is 0 Å². The van der Waals surface area contributed by atoms with Crippen molar-refractivity contribution in [1.29, 1.82) is 0 Å². The highest BCUT2D eigenvalue weighted by Gasteiger charge is 2.20. The van der Waals surface area contributed by atoms with E-state index in [-0.39, 0.29) is 27.5 Å². The lowest BCUT2D eigenvalue weighted by molar-refractivity contribution is 0.396. The van der Waals surface area contributed by atoms with Crippen molar-refractivity contribution < 1.29 is 20.1 Å². The number of rotatable bonds is 2. The normalized spacial score (nSPS) is 10.7. The first-order valence-corrected chi connectivity index (χ1v) is 9.14. The van der Waals surface area contributed by atoms with Gasteiger partial charge in [0.15, 0.2) is 11.5 Å². The number of ether oxygens (including phenoxy) is 1. The molecule has 0 fully saturated rings. The van der Waals surface area contributed by atoms with Gasteiger partial charge in [0.1, 0.15) is 21.7 Å². The van der Waals surface area contributed by atoms with Gasteiger partial charge in [0, 0.05) is 6.07 Å². The fraction of sp³-hybridized carbons (Fsp3) is 0. The highest BCUT2D eigenvalue weighted by Crippen LogP contribution is 2.50. The Kier molecular flexibility index (Phi) is 5.51. The van der Waals surface area contributed by atoms with E-state index in [1.165, 1.54) is 12.1 Å². The Morgan fingerprint density at radius 2 is 1.24 bits per heavy atom. The number of phenols is 3. The van der Waals surface area contributed by atoms with Crippen molar-refractivity contribution >= 4 is 79.6 Å². The SMILES string of the molecule is Oc1cc(Br)c(O)c(Br)c1Oc1cc(Br)c(O)c(Br)c1Br. The number of halogens is 5. The molecule has 0 heterocycles. The monoisotopic (exact) mass is 608 g/mol. The molecule has 0 amide bonds. The maximum Gasteiger partial charge on any atom is 0.187 e. The third-order valence-corrected chi connectivity index (χ3v) is 6.48. The summed E-state index contributed by atoms with van der Waals surface area (Å²) in [6.07, 6.45) is 0. The minimum absolute atomic E-state index is 0.0103. The first kappa shape index (κ1) is 17.4. The van der Waals surface area contributed by atoms with Crippen molar-refractivity contribution in [3.8, 4) is 28.7 Å². The van der Waals surface area contributed by atoms with Crippen LogP contribution in [0.15, 0.2) is 34.5 Å². The molecule has 0 unspecified atom stereocenters. The second kappa shape index (κ2) is 6.66. The van der Waals surface area contributed by atoms with Gasteiger partial charge in [-0.05, 0) is 85.7 Å². The van der Waals surface area contributed by atoms with Crippen LogP contribution < -0.4 is 4.74 Å². The van der Waals surface area contributed by atoms with E-state index in [0.717, 1.165) is 0 Å². The van der Waals surface area contributed by atoms with E-state index in [4.69, 9.17) is 4.74 Å². The van der Waals surface area contributed by atoms with Crippen molar-refractivity contribution in [2.75, 3.05) is 0 Å². The lowest BCUT2D eigenvalue weighted by Crippen LogP contribution is -1.90. The van der Waals surface area contributed by atoms with E-state index in [1.807, 2.05) is 0 Å². The van der Waals surface area contributed by atoms with Crippen LogP contribution in [0.4, 0.5) is 0 Å². The average molecular weight is 613 g/mol. The third kappa shape index (κ3) is 3.36. The van der Waals surface area contributed by atoms with Crippen LogP contribution in [0.5, 0.6) is 28.7 Å². The van der Waals surface area contributed by atoms with Crippen LogP contribution in [0.1, 0.15) is 0 Å². The minimum atomic E-state index is -0.168. The van der Waals surface area contributed by atoms with Crippen molar-refractivity contribution in [2.45, 2.75) is 0 Å². The van der Waals surface area contributed by atoms with Gasteiger partial charge >= 0.3 is 0 Å². The molecule has 0 aromatic heterocycles. The molecular weight excluding hydrogens is 608 g/mol. The van der Waals surface area contributed by atoms with E-state index in [2.05, 4.69) is 79.6 Å². The molecule has 112 valence electrons. The van der Waals surface area contributed by atoms with Crippen LogP contribution >= 0.6 is 79.6 Å². The number of benzene rings is 2.